The topological polar surface area (TPSA) is 46.5 Å². The van der Waals surface area contributed by atoms with Crippen LogP contribution in [-0.2, 0) is 6.42 Å². The van der Waals surface area contributed by atoms with Crippen molar-refractivity contribution < 1.29 is 4.79 Å². The van der Waals surface area contributed by atoms with Gasteiger partial charge in [-0.1, -0.05) is 24.3 Å². The van der Waals surface area contributed by atoms with Crippen molar-refractivity contribution in [3.05, 3.63) is 45.9 Å². The van der Waals surface area contributed by atoms with E-state index in [9.17, 15) is 9.70 Å². The summed E-state index contributed by atoms with van der Waals surface area (Å²) in [6.07, 6.45) is 5.80. The van der Waals surface area contributed by atoms with Crippen molar-refractivity contribution in [2.24, 2.45) is 5.18 Å². The molecule has 14 heavy (non-hydrogen) atoms. The van der Waals surface area contributed by atoms with Gasteiger partial charge in [0.15, 0.2) is 0 Å². The molecule has 0 bridgehead atoms. The maximum atomic E-state index is 11.2. The molecule has 0 saturated heterocycles. The van der Waals surface area contributed by atoms with E-state index < -0.39 is 5.91 Å². The Morgan fingerprint density at radius 1 is 1.36 bits per heavy atom. The average Bonchev–Trinajstić information content (AvgIpc) is 2.27. The van der Waals surface area contributed by atoms with Crippen molar-refractivity contribution in [2.45, 2.75) is 12.8 Å². The number of fused-ring (bicyclic) bond motifs is 1. The van der Waals surface area contributed by atoms with Gasteiger partial charge in [-0.15, -0.1) is 4.91 Å². The Kier molecular flexibility index (Phi) is 2.23. The number of carbonyl (C=O) groups excluding carboxylic acids is 1. The lowest BCUT2D eigenvalue weighted by atomic mass is 9.93. The molecule has 0 saturated carbocycles. The molecule has 0 aliphatic heterocycles. The first-order valence-corrected chi connectivity index (χ1v) is 4.49. The molecule has 70 valence electrons. The molecule has 0 atom stereocenters. The standard InChI is InChI=1S/C11H9NO2/c13-11(12-14)10-7-3-5-8-4-1-2-6-9(8)10/h2-3,5-7H,1,4H2. The molecule has 0 spiro atoms. The van der Waals surface area contributed by atoms with Crippen molar-refractivity contribution in [1.29, 1.82) is 0 Å². The Bertz CT molecular complexity index is 421. The van der Waals surface area contributed by atoms with Crippen molar-refractivity contribution in [2.75, 3.05) is 0 Å². The number of carbonyl (C=O) groups is 1. The SMILES string of the molecule is O=NC(=O)c1cccc2c1C=CCC2. The zero-order valence-corrected chi connectivity index (χ0v) is 7.56. The Labute approximate surface area is 81.4 Å². The molecule has 1 aliphatic carbocycles. The molecular weight excluding hydrogens is 178 g/mol. The summed E-state index contributed by atoms with van der Waals surface area (Å²) < 4.78 is 0. The normalized spacial score (nSPS) is 13.4. The van der Waals surface area contributed by atoms with E-state index in [1.165, 1.54) is 0 Å². The third-order valence-electron chi connectivity index (χ3n) is 2.37. The molecule has 0 N–H and O–H groups in total. The zero-order chi connectivity index (χ0) is 9.97. The van der Waals surface area contributed by atoms with Gasteiger partial charge in [-0.3, -0.25) is 4.79 Å². The van der Waals surface area contributed by atoms with E-state index in [0.717, 1.165) is 24.0 Å². The Hall–Kier alpha value is -1.77. The van der Waals surface area contributed by atoms with Crippen molar-refractivity contribution in [3.8, 4) is 0 Å². The number of hydrogen-bond acceptors (Lipinski definition) is 2. The molecule has 0 radical (unpaired) electrons. The van der Waals surface area contributed by atoms with Crippen molar-refractivity contribution in [1.82, 2.24) is 0 Å². The highest BCUT2D eigenvalue weighted by molar-refractivity contribution is 5.98. The Morgan fingerprint density at radius 3 is 3.00 bits per heavy atom. The number of hydrogen-bond donors (Lipinski definition) is 0. The molecule has 0 aromatic heterocycles. The summed E-state index contributed by atoms with van der Waals surface area (Å²) in [5.74, 6) is -0.687. The Morgan fingerprint density at radius 2 is 2.21 bits per heavy atom. The van der Waals surface area contributed by atoms with E-state index in [2.05, 4.69) is 5.18 Å². The van der Waals surface area contributed by atoms with Gasteiger partial charge in [0.05, 0.1) is 5.56 Å². The van der Waals surface area contributed by atoms with Crippen LogP contribution in [0.3, 0.4) is 0 Å². The Balaban J connectivity index is 2.57. The van der Waals surface area contributed by atoms with Gasteiger partial charge in [-0.05, 0) is 30.0 Å². The smallest absolute Gasteiger partial charge is 0.263 e. The highest BCUT2D eigenvalue weighted by Gasteiger charge is 2.14. The number of aryl methyl sites for hydroxylation is 1. The summed E-state index contributed by atoms with van der Waals surface area (Å²) in [5.41, 5.74) is 2.37. The molecule has 1 aliphatic rings. The van der Waals surface area contributed by atoms with Crippen molar-refractivity contribution in [3.63, 3.8) is 0 Å². The molecule has 3 nitrogen and oxygen atoms in total. The van der Waals surface area contributed by atoms with Crippen LogP contribution in [0, 0.1) is 4.91 Å². The highest BCUT2D eigenvalue weighted by Crippen LogP contribution is 2.23. The van der Waals surface area contributed by atoms with E-state index in [-0.39, 0.29) is 0 Å². The first-order valence-electron chi connectivity index (χ1n) is 4.49. The van der Waals surface area contributed by atoms with Gasteiger partial charge in [-0.25, -0.2) is 0 Å². The summed E-state index contributed by atoms with van der Waals surface area (Å²) >= 11 is 0. The number of amides is 1. The van der Waals surface area contributed by atoms with Gasteiger partial charge in [0, 0.05) is 5.18 Å². The zero-order valence-electron chi connectivity index (χ0n) is 7.56. The van der Waals surface area contributed by atoms with Crippen LogP contribution in [0.15, 0.2) is 29.5 Å². The molecule has 1 amide bonds. The summed E-state index contributed by atoms with van der Waals surface area (Å²) in [7, 11) is 0. The van der Waals surface area contributed by atoms with Crippen LogP contribution < -0.4 is 0 Å². The summed E-state index contributed by atoms with van der Waals surface area (Å²) in [6.45, 7) is 0. The van der Waals surface area contributed by atoms with E-state index in [1.54, 1.807) is 12.1 Å². The van der Waals surface area contributed by atoms with Crippen molar-refractivity contribution >= 4 is 12.0 Å². The second-order valence-corrected chi connectivity index (χ2v) is 3.22. The maximum Gasteiger partial charge on any atom is 0.317 e. The third kappa shape index (κ3) is 1.37. The van der Waals surface area contributed by atoms with Crippen LogP contribution in [0.1, 0.15) is 27.9 Å². The van der Waals surface area contributed by atoms with Gasteiger partial charge < -0.3 is 0 Å². The summed E-state index contributed by atoms with van der Waals surface area (Å²) in [6, 6.07) is 5.40. The van der Waals surface area contributed by atoms with E-state index in [4.69, 9.17) is 0 Å². The molecule has 0 heterocycles. The van der Waals surface area contributed by atoms with Crippen LogP contribution in [0.5, 0.6) is 0 Å². The lowest BCUT2D eigenvalue weighted by molar-refractivity contribution is 0.100. The number of rotatable bonds is 1. The minimum atomic E-state index is -0.687. The first kappa shape index (κ1) is 8.81. The van der Waals surface area contributed by atoms with E-state index >= 15 is 0 Å². The van der Waals surface area contributed by atoms with Crippen LogP contribution in [0.25, 0.3) is 6.08 Å². The van der Waals surface area contributed by atoms with Gasteiger partial charge in [0.2, 0.25) is 0 Å². The quantitative estimate of drug-likeness (QED) is 0.634. The molecule has 0 fully saturated rings. The highest BCUT2D eigenvalue weighted by atomic mass is 16.3. The fourth-order valence-electron chi connectivity index (χ4n) is 1.70. The van der Waals surface area contributed by atoms with Crippen LogP contribution in [-0.4, -0.2) is 5.91 Å². The lowest BCUT2D eigenvalue weighted by Gasteiger charge is -2.11. The maximum absolute atomic E-state index is 11.2. The van der Waals surface area contributed by atoms with Gasteiger partial charge in [0.1, 0.15) is 0 Å². The van der Waals surface area contributed by atoms with Gasteiger partial charge in [-0.2, -0.15) is 0 Å². The first-order chi connectivity index (χ1) is 6.83. The van der Waals surface area contributed by atoms with Crippen LogP contribution >= 0.6 is 0 Å². The second kappa shape index (κ2) is 3.54. The largest absolute Gasteiger partial charge is 0.317 e. The fourth-order valence-corrected chi connectivity index (χ4v) is 1.70. The summed E-state index contributed by atoms with van der Waals surface area (Å²) in [5, 5.41) is 2.44. The number of nitroso groups, excluding NO2 is 1. The van der Waals surface area contributed by atoms with E-state index in [1.807, 2.05) is 18.2 Å². The van der Waals surface area contributed by atoms with E-state index in [0.29, 0.717) is 5.56 Å². The molecule has 0 unspecified atom stereocenters. The van der Waals surface area contributed by atoms with Crippen LogP contribution in [0.4, 0.5) is 0 Å². The molecule has 3 heteroatoms. The number of nitrogens with zero attached hydrogens (tertiary/aromatic N) is 1. The van der Waals surface area contributed by atoms with Gasteiger partial charge >= 0.3 is 5.91 Å². The number of benzene rings is 1. The third-order valence-corrected chi connectivity index (χ3v) is 2.37. The van der Waals surface area contributed by atoms with Crippen LogP contribution in [0.2, 0.25) is 0 Å². The molecular formula is C11H9NO2. The minimum Gasteiger partial charge on any atom is -0.263 e. The molecule has 1 aromatic rings. The summed E-state index contributed by atoms with van der Waals surface area (Å²) in [4.78, 5) is 21.3. The minimum absolute atomic E-state index is 0.411. The second-order valence-electron chi connectivity index (χ2n) is 3.22. The predicted octanol–water partition coefficient (Wildman–Crippen LogP) is 2.55. The average molecular weight is 187 g/mol. The van der Waals surface area contributed by atoms with Gasteiger partial charge in [0.25, 0.3) is 0 Å². The lowest BCUT2D eigenvalue weighted by Crippen LogP contribution is -2.03. The molecule has 1 aromatic carbocycles. The fraction of sp³-hybridized carbons (Fsp3) is 0.182. The monoisotopic (exact) mass is 187 g/mol. The predicted molar refractivity (Wildman–Crippen MR) is 53.9 cm³/mol. The number of allylic oxidation sites excluding steroid dienone is 1. The molecule has 2 rings (SSSR count).